The van der Waals surface area contributed by atoms with E-state index in [1.807, 2.05) is 12.1 Å². The van der Waals surface area contributed by atoms with Crippen LogP contribution in [0, 0.1) is 0 Å². The van der Waals surface area contributed by atoms with Crippen LogP contribution in [0.4, 0.5) is 0 Å². The summed E-state index contributed by atoms with van der Waals surface area (Å²) in [4.78, 5) is 24.4. The van der Waals surface area contributed by atoms with Gasteiger partial charge in [0.25, 0.3) is 0 Å². The molecule has 0 fully saturated rings. The molecule has 28 heavy (non-hydrogen) atoms. The fourth-order valence-corrected chi connectivity index (χ4v) is 2.51. The SMILES string of the molecule is CCc1ccc(C(=O)Oc2ccc(OC(=O)c3ccc(OC)cc3)cc2)cc1. The van der Waals surface area contributed by atoms with Gasteiger partial charge in [0.05, 0.1) is 18.2 Å². The molecular weight excluding hydrogens is 356 g/mol. The smallest absolute Gasteiger partial charge is 0.343 e. The van der Waals surface area contributed by atoms with Gasteiger partial charge in [-0.15, -0.1) is 0 Å². The van der Waals surface area contributed by atoms with E-state index in [4.69, 9.17) is 14.2 Å². The number of carbonyl (C=O) groups excluding carboxylic acids is 2. The Labute approximate surface area is 163 Å². The molecule has 0 saturated heterocycles. The molecule has 5 nitrogen and oxygen atoms in total. The summed E-state index contributed by atoms with van der Waals surface area (Å²) in [7, 11) is 1.56. The maximum Gasteiger partial charge on any atom is 0.343 e. The van der Waals surface area contributed by atoms with E-state index in [0.717, 1.165) is 12.0 Å². The van der Waals surface area contributed by atoms with E-state index in [-0.39, 0.29) is 0 Å². The predicted octanol–water partition coefficient (Wildman–Crippen LogP) is 4.70. The van der Waals surface area contributed by atoms with E-state index in [9.17, 15) is 9.59 Å². The third-order valence-electron chi connectivity index (χ3n) is 4.17. The highest BCUT2D eigenvalue weighted by molar-refractivity contribution is 5.92. The average Bonchev–Trinajstić information content (AvgIpc) is 2.75. The van der Waals surface area contributed by atoms with Crippen molar-refractivity contribution < 1.29 is 23.8 Å². The minimum atomic E-state index is -0.483. The molecule has 0 heterocycles. The fourth-order valence-electron chi connectivity index (χ4n) is 2.51. The van der Waals surface area contributed by atoms with Gasteiger partial charge in [0.2, 0.25) is 0 Å². The van der Waals surface area contributed by atoms with Crippen molar-refractivity contribution in [2.24, 2.45) is 0 Å². The largest absolute Gasteiger partial charge is 0.497 e. The van der Waals surface area contributed by atoms with E-state index in [2.05, 4.69) is 6.92 Å². The summed E-state index contributed by atoms with van der Waals surface area (Å²) in [6.07, 6.45) is 0.909. The van der Waals surface area contributed by atoms with E-state index in [1.165, 1.54) is 0 Å². The van der Waals surface area contributed by atoms with Crippen LogP contribution < -0.4 is 14.2 Å². The molecule has 0 radical (unpaired) electrons. The fraction of sp³-hybridized carbons (Fsp3) is 0.130. The van der Waals surface area contributed by atoms with E-state index in [0.29, 0.717) is 28.4 Å². The number of hydrogen-bond acceptors (Lipinski definition) is 5. The van der Waals surface area contributed by atoms with Crippen LogP contribution in [0.2, 0.25) is 0 Å². The van der Waals surface area contributed by atoms with Crippen LogP contribution in [0.3, 0.4) is 0 Å². The zero-order valence-corrected chi connectivity index (χ0v) is 15.7. The molecule has 0 aromatic heterocycles. The lowest BCUT2D eigenvalue weighted by Crippen LogP contribution is -2.09. The molecule has 0 aliphatic rings. The van der Waals surface area contributed by atoms with Crippen molar-refractivity contribution in [1.29, 1.82) is 0 Å². The molecule has 0 atom stereocenters. The van der Waals surface area contributed by atoms with Crippen LogP contribution in [0.15, 0.2) is 72.8 Å². The molecule has 0 aliphatic heterocycles. The van der Waals surface area contributed by atoms with Crippen LogP contribution in [0.25, 0.3) is 0 Å². The minimum absolute atomic E-state index is 0.355. The van der Waals surface area contributed by atoms with Gasteiger partial charge in [-0.05, 0) is 72.6 Å². The summed E-state index contributed by atoms with van der Waals surface area (Å²) in [5, 5.41) is 0. The second-order valence-corrected chi connectivity index (χ2v) is 6.03. The quantitative estimate of drug-likeness (QED) is 0.461. The Kier molecular flexibility index (Phi) is 6.07. The predicted molar refractivity (Wildman–Crippen MR) is 105 cm³/mol. The van der Waals surface area contributed by atoms with Crippen LogP contribution in [0.1, 0.15) is 33.2 Å². The average molecular weight is 376 g/mol. The number of benzene rings is 3. The van der Waals surface area contributed by atoms with Crippen LogP contribution in [-0.4, -0.2) is 19.0 Å². The topological polar surface area (TPSA) is 61.8 Å². The molecule has 142 valence electrons. The zero-order valence-electron chi connectivity index (χ0n) is 15.7. The van der Waals surface area contributed by atoms with E-state index >= 15 is 0 Å². The first-order valence-electron chi connectivity index (χ1n) is 8.86. The summed E-state index contributed by atoms with van der Waals surface area (Å²) >= 11 is 0. The number of hydrogen-bond donors (Lipinski definition) is 0. The molecule has 0 aliphatic carbocycles. The normalized spacial score (nSPS) is 10.2. The number of aryl methyl sites for hydroxylation is 1. The maximum atomic E-state index is 12.2. The van der Waals surface area contributed by atoms with Gasteiger partial charge in [-0.3, -0.25) is 0 Å². The van der Waals surface area contributed by atoms with Crippen LogP contribution >= 0.6 is 0 Å². The molecule has 3 aromatic carbocycles. The highest BCUT2D eigenvalue weighted by atomic mass is 16.5. The van der Waals surface area contributed by atoms with Crippen molar-refractivity contribution in [2.75, 3.05) is 7.11 Å². The highest BCUT2D eigenvalue weighted by Crippen LogP contribution is 2.20. The molecular formula is C23H20O5. The Balaban J connectivity index is 1.60. The van der Waals surface area contributed by atoms with E-state index < -0.39 is 11.9 Å². The third-order valence-corrected chi connectivity index (χ3v) is 4.17. The lowest BCUT2D eigenvalue weighted by molar-refractivity contribution is 0.0719. The van der Waals surface area contributed by atoms with Crippen molar-refractivity contribution in [2.45, 2.75) is 13.3 Å². The summed E-state index contributed by atoms with van der Waals surface area (Å²) in [6.45, 7) is 2.05. The number of esters is 2. The van der Waals surface area contributed by atoms with Crippen molar-refractivity contribution in [3.63, 3.8) is 0 Å². The van der Waals surface area contributed by atoms with Gasteiger partial charge in [0.1, 0.15) is 17.2 Å². The second-order valence-electron chi connectivity index (χ2n) is 6.03. The maximum absolute atomic E-state index is 12.2. The lowest BCUT2D eigenvalue weighted by Gasteiger charge is -2.07. The standard InChI is InChI=1S/C23H20O5/c1-3-16-4-6-17(7-5-16)22(24)27-20-12-14-21(15-13-20)28-23(25)18-8-10-19(26-2)11-9-18/h4-15H,3H2,1-2H3. The van der Waals surface area contributed by atoms with Crippen molar-refractivity contribution in [3.05, 3.63) is 89.5 Å². The van der Waals surface area contributed by atoms with Crippen molar-refractivity contribution in [1.82, 2.24) is 0 Å². The molecule has 0 N–H and O–H groups in total. The van der Waals surface area contributed by atoms with Gasteiger partial charge in [0, 0.05) is 0 Å². The van der Waals surface area contributed by atoms with Gasteiger partial charge in [-0.1, -0.05) is 19.1 Å². The molecule has 3 rings (SSSR count). The van der Waals surface area contributed by atoms with Gasteiger partial charge in [-0.25, -0.2) is 9.59 Å². The Morgan fingerprint density at radius 3 is 1.43 bits per heavy atom. The Morgan fingerprint density at radius 2 is 1.04 bits per heavy atom. The number of carbonyl (C=O) groups is 2. The summed E-state index contributed by atoms with van der Waals surface area (Å²) in [5.74, 6) is 0.461. The molecule has 0 bridgehead atoms. The first kappa shape index (κ1) is 19.2. The van der Waals surface area contributed by atoms with Crippen molar-refractivity contribution >= 4 is 11.9 Å². The molecule has 0 spiro atoms. The minimum Gasteiger partial charge on any atom is -0.497 e. The van der Waals surface area contributed by atoms with Gasteiger partial charge >= 0.3 is 11.9 Å². The van der Waals surface area contributed by atoms with Gasteiger partial charge in [0.15, 0.2) is 0 Å². The Hall–Kier alpha value is -3.60. The summed E-state index contributed by atoms with van der Waals surface area (Å²) in [6, 6.07) is 20.2. The second kappa shape index (κ2) is 8.86. The summed E-state index contributed by atoms with van der Waals surface area (Å²) in [5.41, 5.74) is 2.04. The van der Waals surface area contributed by atoms with Gasteiger partial charge < -0.3 is 14.2 Å². The van der Waals surface area contributed by atoms with Crippen molar-refractivity contribution in [3.8, 4) is 17.2 Å². The Bertz CT molecular complexity index is 861. The van der Waals surface area contributed by atoms with Gasteiger partial charge in [-0.2, -0.15) is 0 Å². The van der Waals surface area contributed by atoms with Crippen LogP contribution in [-0.2, 0) is 6.42 Å². The number of ether oxygens (including phenoxy) is 3. The molecule has 5 heteroatoms. The van der Waals surface area contributed by atoms with Crippen LogP contribution in [0.5, 0.6) is 17.2 Å². The number of methoxy groups -OCH3 is 1. The summed E-state index contributed by atoms with van der Waals surface area (Å²) < 4.78 is 15.7. The van der Waals surface area contributed by atoms with E-state index in [1.54, 1.807) is 67.8 Å². The number of rotatable bonds is 6. The monoisotopic (exact) mass is 376 g/mol. The molecule has 3 aromatic rings. The third kappa shape index (κ3) is 4.76. The first-order valence-corrected chi connectivity index (χ1v) is 8.86. The molecule has 0 saturated carbocycles. The lowest BCUT2D eigenvalue weighted by atomic mass is 10.1. The molecule has 0 amide bonds. The first-order chi connectivity index (χ1) is 13.6. The zero-order chi connectivity index (χ0) is 19.9. The highest BCUT2D eigenvalue weighted by Gasteiger charge is 2.11. The Morgan fingerprint density at radius 1 is 0.643 bits per heavy atom. The molecule has 0 unspecified atom stereocenters.